The summed E-state index contributed by atoms with van der Waals surface area (Å²) in [5.74, 6) is 6.14. The van der Waals surface area contributed by atoms with Gasteiger partial charge in [-0.15, -0.1) is 0 Å². The zero-order chi connectivity index (χ0) is 17.5. The van der Waals surface area contributed by atoms with Crippen LogP contribution in [0, 0.1) is 0 Å². The third-order valence-electron chi connectivity index (χ3n) is 3.47. The second-order valence-corrected chi connectivity index (χ2v) is 5.15. The molecule has 0 radical (unpaired) electrons. The van der Waals surface area contributed by atoms with Crippen molar-refractivity contribution in [1.29, 1.82) is 0 Å². The van der Waals surface area contributed by atoms with Crippen molar-refractivity contribution in [2.45, 2.75) is 0 Å². The van der Waals surface area contributed by atoms with Gasteiger partial charge in [0, 0.05) is 5.56 Å². The van der Waals surface area contributed by atoms with Crippen LogP contribution >= 0.6 is 0 Å². The molecule has 25 heavy (non-hydrogen) atoms. The average molecular weight is 338 g/mol. The second-order valence-electron chi connectivity index (χ2n) is 5.15. The number of carbonyl (C=O) groups is 1. The number of carbonyl (C=O) groups excluding carboxylic acids is 1. The first kappa shape index (κ1) is 16.5. The number of aromatic amines is 1. The van der Waals surface area contributed by atoms with Crippen LogP contribution in [0.25, 0.3) is 11.3 Å². The summed E-state index contributed by atoms with van der Waals surface area (Å²) >= 11 is 0. The molecule has 0 saturated heterocycles. The normalized spacial score (nSPS) is 10.3. The molecule has 4 N–H and O–H groups in total. The Morgan fingerprint density at radius 2 is 1.76 bits per heavy atom. The van der Waals surface area contributed by atoms with Crippen molar-refractivity contribution in [2.24, 2.45) is 5.84 Å². The van der Waals surface area contributed by atoms with Crippen molar-refractivity contribution in [3.8, 4) is 22.8 Å². The first-order valence-electron chi connectivity index (χ1n) is 7.74. The van der Waals surface area contributed by atoms with Gasteiger partial charge in [0.05, 0.1) is 5.69 Å². The van der Waals surface area contributed by atoms with Gasteiger partial charge in [0.25, 0.3) is 5.91 Å². The third-order valence-corrected chi connectivity index (χ3v) is 3.47. The Kier molecular flexibility index (Phi) is 5.28. The number of hydrogen-bond acceptors (Lipinski definition) is 5. The number of benzene rings is 2. The summed E-state index contributed by atoms with van der Waals surface area (Å²) in [6, 6.07) is 18.6. The molecule has 0 bridgehead atoms. The van der Waals surface area contributed by atoms with E-state index in [-0.39, 0.29) is 5.69 Å². The molecule has 7 nitrogen and oxygen atoms in total. The zero-order valence-corrected chi connectivity index (χ0v) is 13.4. The Bertz CT molecular complexity index is 833. The Hall–Kier alpha value is -3.32. The zero-order valence-electron chi connectivity index (χ0n) is 13.4. The lowest BCUT2D eigenvalue weighted by Gasteiger charge is -2.11. The van der Waals surface area contributed by atoms with Gasteiger partial charge in [0.15, 0.2) is 0 Å². The molecule has 3 rings (SSSR count). The van der Waals surface area contributed by atoms with Crippen LogP contribution in [0.15, 0.2) is 60.7 Å². The number of nitrogens with two attached hydrogens (primary N) is 1. The number of nitrogens with zero attached hydrogens (tertiary/aromatic N) is 1. The molecule has 128 valence electrons. The summed E-state index contributed by atoms with van der Waals surface area (Å²) in [6.07, 6.45) is 0. The van der Waals surface area contributed by atoms with E-state index in [0.29, 0.717) is 24.7 Å². The molecule has 0 aliphatic heterocycles. The number of ether oxygens (including phenoxy) is 2. The summed E-state index contributed by atoms with van der Waals surface area (Å²) < 4.78 is 11.4. The largest absolute Gasteiger partial charge is 0.490 e. The lowest BCUT2D eigenvalue weighted by atomic mass is 10.1. The molecule has 0 fully saturated rings. The standard InChI is InChI=1S/C18H18N4O3/c19-20-18(23)16-12-15(21-22-16)14-8-4-5-9-17(14)25-11-10-24-13-6-2-1-3-7-13/h1-9,12H,10-11,19H2,(H,20,23)(H,21,22). The van der Waals surface area contributed by atoms with Crippen LogP contribution in [-0.4, -0.2) is 29.3 Å². The topological polar surface area (TPSA) is 102 Å². The van der Waals surface area contributed by atoms with Crippen LogP contribution in [0.5, 0.6) is 11.5 Å². The highest BCUT2D eigenvalue weighted by atomic mass is 16.5. The minimum atomic E-state index is -0.437. The Morgan fingerprint density at radius 1 is 1.04 bits per heavy atom. The van der Waals surface area contributed by atoms with E-state index < -0.39 is 5.91 Å². The molecule has 0 atom stereocenters. The van der Waals surface area contributed by atoms with Gasteiger partial charge in [-0.2, -0.15) is 5.10 Å². The van der Waals surface area contributed by atoms with Crippen molar-refractivity contribution in [1.82, 2.24) is 15.6 Å². The maximum absolute atomic E-state index is 11.5. The van der Waals surface area contributed by atoms with Gasteiger partial charge >= 0.3 is 0 Å². The van der Waals surface area contributed by atoms with E-state index in [1.165, 1.54) is 0 Å². The summed E-state index contributed by atoms with van der Waals surface area (Å²) in [5, 5.41) is 6.79. The molecular formula is C18H18N4O3. The monoisotopic (exact) mass is 338 g/mol. The van der Waals surface area contributed by atoms with Crippen molar-refractivity contribution in [3.05, 3.63) is 66.4 Å². The molecule has 0 aliphatic carbocycles. The molecule has 7 heteroatoms. The first-order valence-corrected chi connectivity index (χ1v) is 7.74. The fourth-order valence-electron chi connectivity index (χ4n) is 2.29. The minimum Gasteiger partial charge on any atom is -0.490 e. The minimum absolute atomic E-state index is 0.278. The van der Waals surface area contributed by atoms with E-state index in [0.717, 1.165) is 11.3 Å². The van der Waals surface area contributed by atoms with Gasteiger partial charge in [0.1, 0.15) is 30.4 Å². The molecule has 3 aromatic rings. The molecule has 0 spiro atoms. The first-order chi connectivity index (χ1) is 12.3. The predicted octanol–water partition coefficient (Wildman–Crippen LogP) is 2.14. The van der Waals surface area contributed by atoms with Gasteiger partial charge in [-0.3, -0.25) is 15.3 Å². The summed E-state index contributed by atoms with van der Waals surface area (Å²) in [6.45, 7) is 0.798. The number of para-hydroxylation sites is 2. The van der Waals surface area contributed by atoms with Gasteiger partial charge < -0.3 is 9.47 Å². The molecule has 1 heterocycles. The summed E-state index contributed by atoms with van der Waals surface area (Å²) in [7, 11) is 0. The van der Waals surface area contributed by atoms with Crippen molar-refractivity contribution >= 4 is 5.91 Å². The molecule has 0 unspecified atom stereocenters. The maximum Gasteiger partial charge on any atom is 0.283 e. The van der Waals surface area contributed by atoms with E-state index in [1.54, 1.807) is 6.07 Å². The highest BCUT2D eigenvalue weighted by Gasteiger charge is 2.13. The molecular weight excluding hydrogens is 320 g/mol. The summed E-state index contributed by atoms with van der Waals surface area (Å²) in [4.78, 5) is 11.5. The van der Waals surface area contributed by atoms with Crippen molar-refractivity contribution < 1.29 is 14.3 Å². The number of aromatic nitrogens is 2. The van der Waals surface area contributed by atoms with E-state index in [4.69, 9.17) is 15.3 Å². The van der Waals surface area contributed by atoms with Crippen LogP contribution in [0.4, 0.5) is 0 Å². The third kappa shape index (κ3) is 4.15. The number of nitrogens with one attached hydrogen (secondary N) is 2. The van der Waals surface area contributed by atoms with Crippen LogP contribution in [0.2, 0.25) is 0 Å². The molecule has 1 aromatic heterocycles. The molecule has 0 saturated carbocycles. The highest BCUT2D eigenvalue weighted by molar-refractivity contribution is 5.93. The lowest BCUT2D eigenvalue weighted by Crippen LogP contribution is -2.30. The smallest absolute Gasteiger partial charge is 0.283 e. The van der Waals surface area contributed by atoms with Gasteiger partial charge in [0.2, 0.25) is 0 Å². The van der Waals surface area contributed by atoms with Crippen LogP contribution < -0.4 is 20.7 Å². The SMILES string of the molecule is NNC(=O)c1cc(-c2ccccc2OCCOc2ccccc2)n[nH]1. The van der Waals surface area contributed by atoms with E-state index in [1.807, 2.05) is 54.6 Å². The van der Waals surface area contributed by atoms with E-state index >= 15 is 0 Å². The Morgan fingerprint density at radius 3 is 2.56 bits per heavy atom. The number of hydrazine groups is 1. The van der Waals surface area contributed by atoms with E-state index in [2.05, 4.69) is 15.6 Å². The van der Waals surface area contributed by atoms with Crippen LogP contribution in [-0.2, 0) is 0 Å². The number of hydrogen-bond donors (Lipinski definition) is 3. The average Bonchev–Trinajstić information content (AvgIpc) is 3.16. The molecule has 0 aliphatic rings. The van der Waals surface area contributed by atoms with Crippen molar-refractivity contribution in [3.63, 3.8) is 0 Å². The highest BCUT2D eigenvalue weighted by Crippen LogP contribution is 2.28. The lowest BCUT2D eigenvalue weighted by molar-refractivity contribution is 0.0948. The summed E-state index contributed by atoms with van der Waals surface area (Å²) in [5.41, 5.74) is 3.71. The second kappa shape index (κ2) is 7.98. The van der Waals surface area contributed by atoms with Crippen LogP contribution in [0.1, 0.15) is 10.5 Å². The number of H-pyrrole nitrogens is 1. The fourth-order valence-corrected chi connectivity index (χ4v) is 2.29. The number of rotatable bonds is 7. The van der Waals surface area contributed by atoms with Gasteiger partial charge in [-0.1, -0.05) is 30.3 Å². The van der Waals surface area contributed by atoms with Gasteiger partial charge in [-0.05, 0) is 30.3 Å². The number of nitrogen functional groups attached to an aromatic ring is 1. The maximum atomic E-state index is 11.5. The Labute approximate surface area is 144 Å². The van der Waals surface area contributed by atoms with Gasteiger partial charge in [-0.25, -0.2) is 5.84 Å². The van der Waals surface area contributed by atoms with Crippen LogP contribution in [0.3, 0.4) is 0 Å². The Balaban J connectivity index is 1.65. The predicted molar refractivity (Wildman–Crippen MR) is 93.1 cm³/mol. The number of amides is 1. The molecule has 2 aromatic carbocycles. The van der Waals surface area contributed by atoms with E-state index in [9.17, 15) is 4.79 Å². The quantitative estimate of drug-likeness (QED) is 0.265. The van der Waals surface area contributed by atoms with Crippen molar-refractivity contribution in [2.75, 3.05) is 13.2 Å². The molecule has 1 amide bonds. The fraction of sp³-hybridized carbons (Fsp3) is 0.111.